The number of urea groups is 1. The van der Waals surface area contributed by atoms with E-state index >= 15 is 0 Å². The quantitative estimate of drug-likeness (QED) is 0.693. The van der Waals surface area contributed by atoms with Gasteiger partial charge in [0.1, 0.15) is 5.54 Å². The summed E-state index contributed by atoms with van der Waals surface area (Å²) >= 11 is 0. The topological polar surface area (TPSA) is 107 Å². The van der Waals surface area contributed by atoms with E-state index in [2.05, 4.69) is 5.32 Å². The number of rotatable bonds is 4. The van der Waals surface area contributed by atoms with Crippen LogP contribution in [0.3, 0.4) is 0 Å². The predicted octanol–water partition coefficient (Wildman–Crippen LogP) is 1.03. The predicted molar refractivity (Wildman–Crippen MR) is 114 cm³/mol. The molecule has 3 fully saturated rings. The maximum Gasteiger partial charge on any atom is 0.325 e. The van der Waals surface area contributed by atoms with Crippen molar-refractivity contribution in [3.8, 4) is 0 Å². The molecule has 4 amide bonds. The van der Waals surface area contributed by atoms with Crippen LogP contribution in [0, 0.1) is 0 Å². The second-order valence-electron chi connectivity index (χ2n) is 8.40. The van der Waals surface area contributed by atoms with Gasteiger partial charge in [0.25, 0.3) is 11.8 Å². The van der Waals surface area contributed by atoms with E-state index in [-0.39, 0.29) is 24.1 Å². The maximum absolute atomic E-state index is 13.3. The van der Waals surface area contributed by atoms with Crippen molar-refractivity contribution in [2.45, 2.75) is 44.2 Å². The van der Waals surface area contributed by atoms with Crippen molar-refractivity contribution in [3.63, 3.8) is 0 Å². The highest BCUT2D eigenvalue weighted by atomic mass is 32.2. The van der Waals surface area contributed by atoms with Crippen molar-refractivity contribution in [1.82, 2.24) is 19.4 Å². The molecule has 3 saturated heterocycles. The Hall–Kier alpha value is -2.46. The molecule has 10 heteroatoms. The largest absolute Gasteiger partial charge is 0.338 e. The van der Waals surface area contributed by atoms with Crippen LogP contribution in [-0.4, -0.2) is 83.9 Å². The first-order valence-electron chi connectivity index (χ1n) is 10.8. The molecular weight excluding hydrogens is 420 g/mol. The van der Waals surface area contributed by atoms with Crippen LogP contribution in [0.5, 0.6) is 0 Å². The lowest BCUT2D eigenvalue weighted by Crippen LogP contribution is -2.57. The molecule has 3 heterocycles. The Bertz CT molecular complexity index is 973. The minimum atomic E-state index is -3.38. The average molecular weight is 449 g/mol. The number of amides is 4. The summed E-state index contributed by atoms with van der Waals surface area (Å²) in [5.74, 6) is -0.392. The standard InChI is InChI=1S/C21H28N4O5S/c1-2-31(29,30)24-12-6-9-17(15-24)25-19(27)21(22-20(25)28)10-13-23(14-11-21)18(26)16-7-4-3-5-8-16/h3-5,7-8,17H,2,6,9-15H2,1H3,(H,22,28)/t17-/m1/s1. The van der Waals surface area contributed by atoms with E-state index in [1.54, 1.807) is 24.0 Å². The third kappa shape index (κ3) is 3.94. The summed E-state index contributed by atoms with van der Waals surface area (Å²) < 4.78 is 25.9. The van der Waals surface area contributed by atoms with Gasteiger partial charge in [-0.1, -0.05) is 18.2 Å². The second-order valence-corrected chi connectivity index (χ2v) is 10.7. The van der Waals surface area contributed by atoms with Gasteiger partial charge in [-0.15, -0.1) is 0 Å². The molecular formula is C21H28N4O5S. The van der Waals surface area contributed by atoms with E-state index < -0.39 is 27.6 Å². The fourth-order valence-corrected chi connectivity index (χ4v) is 5.91. The second kappa shape index (κ2) is 8.23. The van der Waals surface area contributed by atoms with Gasteiger partial charge in [-0.25, -0.2) is 13.2 Å². The molecule has 0 aliphatic carbocycles. The number of hydrogen-bond acceptors (Lipinski definition) is 5. The van der Waals surface area contributed by atoms with Crippen molar-refractivity contribution < 1.29 is 22.8 Å². The number of sulfonamides is 1. The molecule has 0 radical (unpaired) electrons. The average Bonchev–Trinajstić information content (AvgIpc) is 3.03. The lowest BCUT2D eigenvalue weighted by Gasteiger charge is -2.38. The molecule has 0 unspecified atom stereocenters. The highest BCUT2D eigenvalue weighted by Crippen LogP contribution is 2.33. The number of piperidine rings is 2. The minimum absolute atomic E-state index is 0.00488. The van der Waals surface area contributed by atoms with Crippen LogP contribution in [-0.2, 0) is 14.8 Å². The zero-order valence-corrected chi connectivity index (χ0v) is 18.4. The molecule has 0 bridgehead atoms. The van der Waals surface area contributed by atoms with Crippen LogP contribution < -0.4 is 5.32 Å². The Morgan fingerprint density at radius 1 is 1.13 bits per heavy atom. The summed E-state index contributed by atoms with van der Waals surface area (Å²) in [4.78, 5) is 41.7. The number of carbonyl (C=O) groups excluding carboxylic acids is 3. The fourth-order valence-electron chi connectivity index (χ4n) is 4.73. The molecule has 0 saturated carbocycles. The molecule has 1 atom stereocenters. The smallest absolute Gasteiger partial charge is 0.325 e. The monoisotopic (exact) mass is 448 g/mol. The van der Waals surface area contributed by atoms with Gasteiger partial charge in [0.2, 0.25) is 10.0 Å². The van der Waals surface area contributed by atoms with Crippen molar-refractivity contribution in [1.29, 1.82) is 0 Å². The lowest BCUT2D eigenvalue weighted by molar-refractivity contribution is -0.134. The molecule has 4 rings (SSSR count). The Morgan fingerprint density at radius 3 is 2.45 bits per heavy atom. The summed E-state index contributed by atoms with van der Waals surface area (Å²) in [7, 11) is -3.38. The summed E-state index contributed by atoms with van der Waals surface area (Å²) in [6.07, 6.45) is 1.88. The molecule has 3 aliphatic rings. The first kappa shape index (κ1) is 21.8. The Labute approximate surface area is 182 Å². The van der Waals surface area contributed by atoms with Crippen LogP contribution in [0.2, 0.25) is 0 Å². The van der Waals surface area contributed by atoms with E-state index in [0.717, 1.165) is 0 Å². The van der Waals surface area contributed by atoms with Gasteiger partial charge in [0.15, 0.2) is 0 Å². The van der Waals surface area contributed by atoms with Gasteiger partial charge in [0, 0.05) is 31.7 Å². The molecule has 1 aromatic carbocycles. The lowest BCUT2D eigenvalue weighted by atomic mass is 9.86. The number of nitrogens with zero attached hydrogens (tertiary/aromatic N) is 3. The minimum Gasteiger partial charge on any atom is -0.338 e. The zero-order valence-electron chi connectivity index (χ0n) is 17.6. The summed E-state index contributed by atoms with van der Waals surface area (Å²) in [5.41, 5.74) is -0.419. The highest BCUT2D eigenvalue weighted by molar-refractivity contribution is 7.89. The van der Waals surface area contributed by atoms with Crippen LogP contribution in [0.4, 0.5) is 4.79 Å². The Morgan fingerprint density at radius 2 is 1.81 bits per heavy atom. The maximum atomic E-state index is 13.3. The molecule has 1 spiro atoms. The van der Waals surface area contributed by atoms with Gasteiger partial charge in [0.05, 0.1) is 11.8 Å². The van der Waals surface area contributed by atoms with E-state index in [4.69, 9.17) is 0 Å². The van der Waals surface area contributed by atoms with Crippen molar-refractivity contribution in [2.24, 2.45) is 0 Å². The number of hydrogen-bond donors (Lipinski definition) is 1. The molecule has 9 nitrogen and oxygen atoms in total. The van der Waals surface area contributed by atoms with E-state index in [1.807, 2.05) is 18.2 Å². The van der Waals surface area contributed by atoms with Crippen LogP contribution >= 0.6 is 0 Å². The highest BCUT2D eigenvalue weighted by Gasteiger charge is 2.55. The number of carbonyl (C=O) groups is 3. The van der Waals surface area contributed by atoms with Crippen molar-refractivity contribution in [2.75, 3.05) is 31.9 Å². The van der Waals surface area contributed by atoms with E-state index in [0.29, 0.717) is 50.9 Å². The molecule has 3 aliphatic heterocycles. The van der Waals surface area contributed by atoms with Gasteiger partial charge < -0.3 is 10.2 Å². The molecule has 168 valence electrons. The Balaban J connectivity index is 1.45. The van der Waals surface area contributed by atoms with E-state index in [9.17, 15) is 22.8 Å². The third-order valence-corrected chi connectivity index (χ3v) is 8.45. The third-order valence-electron chi connectivity index (χ3n) is 6.60. The van der Waals surface area contributed by atoms with E-state index in [1.165, 1.54) is 9.21 Å². The first-order valence-corrected chi connectivity index (χ1v) is 12.4. The van der Waals surface area contributed by atoms with Gasteiger partial charge in [-0.3, -0.25) is 14.5 Å². The van der Waals surface area contributed by atoms with Crippen LogP contribution in [0.15, 0.2) is 30.3 Å². The van der Waals surface area contributed by atoms with Crippen LogP contribution in [0.25, 0.3) is 0 Å². The molecule has 0 aromatic heterocycles. The Kier molecular flexibility index (Phi) is 5.78. The van der Waals surface area contributed by atoms with Crippen molar-refractivity contribution >= 4 is 27.9 Å². The van der Waals surface area contributed by atoms with Crippen LogP contribution in [0.1, 0.15) is 43.0 Å². The first-order chi connectivity index (χ1) is 14.8. The normalized spacial score (nSPS) is 24.5. The molecule has 31 heavy (non-hydrogen) atoms. The number of benzene rings is 1. The van der Waals surface area contributed by atoms with Crippen molar-refractivity contribution in [3.05, 3.63) is 35.9 Å². The van der Waals surface area contributed by atoms with Gasteiger partial charge in [-0.05, 0) is 44.7 Å². The van der Waals surface area contributed by atoms with Gasteiger partial charge in [-0.2, -0.15) is 4.31 Å². The number of imide groups is 1. The number of nitrogens with one attached hydrogen (secondary N) is 1. The van der Waals surface area contributed by atoms with Gasteiger partial charge >= 0.3 is 6.03 Å². The summed E-state index contributed by atoms with van der Waals surface area (Å²) in [6, 6.07) is 8.06. The fraction of sp³-hybridized carbons (Fsp3) is 0.571. The summed E-state index contributed by atoms with van der Waals surface area (Å²) in [6.45, 7) is 2.89. The SMILES string of the molecule is CCS(=O)(=O)N1CCC[C@@H](N2C(=O)NC3(CCN(C(=O)c4ccccc4)CC3)C2=O)C1. The number of likely N-dealkylation sites (tertiary alicyclic amines) is 1. The molecule has 1 aromatic rings. The zero-order chi connectivity index (χ0) is 22.2. The molecule has 1 N–H and O–H groups in total. The summed E-state index contributed by atoms with van der Waals surface area (Å²) in [5, 5.41) is 2.86.